The maximum atomic E-state index is 14.1. The van der Waals surface area contributed by atoms with E-state index in [1.807, 2.05) is 36.3 Å². The number of benzene rings is 1. The monoisotopic (exact) mass is 477 g/mol. The number of carbonyl (C=O) groups is 1. The van der Waals surface area contributed by atoms with Gasteiger partial charge in [-0.1, -0.05) is 32.1 Å². The van der Waals surface area contributed by atoms with E-state index >= 15 is 0 Å². The van der Waals surface area contributed by atoms with Crippen LogP contribution in [0.5, 0.6) is 0 Å². The van der Waals surface area contributed by atoms with Crippen LogP contribution in [0.15, 0.2) is 58.0 Å². The number of aromatic nitrogens is 2. The zero-order valence-corrected chi connectivity index (χ0v) is 19.3. The number of hydrogen-bond donors (Lipinski definition) is 2. The Morgan fingerprint density at radius 3 is 2.73 bits per heavy atom. The largest absolute Gasteiger partial charge is 0.481 e. The summed E-state index contributed by atoms with van der Waals surface area (Å²) in [6.45, 7) is 4.95. The summed E-state index contributed by atoms with van der Waals surface area (Å²) in [7, 11) is -1.17. The summed E-state index contributed by atoms with van der Waals surface area (Å²) in [6, 6.07) is 6.06. The molecular weight excluding hydrogens is 451 g/mol. The van der Waals surface area contributed by atoms with Gasteiger partial charge in [-0.3, -0.25) is 4.79 Å². The lowest BCUT2D eigenvalue weighted by atomic mass is 9.98. The number of hydrogen-bond acceptors (Lipinski definition) is 4. The Hall–Kier alpha value is -2.81. The fourth-order valence-electron chi connectivity index (χ4n) is 4.28. The first-order valence-electron chi connectivity index (χ1n) is 10.8. The molecule has 1 saturated heterocycles. The second kappa shape index (κ2) is 9.21. The van der Waals surface area contributed by atoms with Crippen molar-refractivity contribution in [1.82, 2.24) is 9.97 Å². The fraction of sp³-hybridized carbons (Fsp3) is 0.375. The number of thiol groups is 1. The molecule has 1 aromatic heterocycles. The molecular formula is C24H26F3N3O2S. The van der Waals surface area contributed by atoms with Crippen molar-refractivity contribution in [3.05, 3.63) is 58.6 Å². The first kappa shape index (κ1) is 23.4. The van der Waals surface area contributed by atoms with E-state index in [1.54, 1.807) is 18.2 Å². The Morgan fingerprint density at radius 1 is 1.24 bits per heavy atom. The van der Waals surface area contributed by atoms with E-state index in [2.05, 4.69) is 9.97 Å². The minimum atomic E-state index is -4.50. The molecule has 0 amide bonds. The van der Waals surface area contributed by atoms with Gasteiger partial charge in [-0.15, -0.1) is 0 Å². The molecule has 2 unspecified atom stereocenters. The van der Waals surface area contributed by atoms with Crippen LogP contribution in [0.3, 0.4) is 0 Å². The lowest BCUT2D eigenvalue weighted by Gasteiger charge is -2.31. The van der Waals surface area contributed by atoms with Crippen molar-refractivity contribution in [2.75, 3.05) is 18.0 Å². The maximum Gasteiger partial charge on any atom is 0.417 e. The Bertz CT molecular complexity index is 1110. The molecule has 0 bridgehead atoms. The van der Waals surface area contributed by atoms with Crippen LogP contribution in [0.4, 0.5) is 19.0 Å². The van der Waals surface area contributed by atoms with E-state index in [9.17, 15) is 23.1 Å². The molecule has 9 heteroatoms. The lowest BCUT2D eigenvalue weighted by Crippen LogP contribution is -2.39. The number of aliphatic carboxylic acids is 1. The molecule has 4 rings (SSSR count). The minimum absolute atomic E-state index is 0.162. The Balaban J connectivity index is 1.69. The van der Waals surface area contributed by atoms with E-state index in [-0.39, 0.29) is 5.92 Å². The number of carboxylic acid groups (broad SMARTS) is 1. The SMILES string of the molecule is CC(C)C1=CC=C[SH]1c1ccc(-c2cc(N3CCCC(C(=O)O)C3)ncn2)cc1C(F)(F)F. The molecule has 0 radical (unpaired) electrons. The smallest absolute Gasteiger partial charge is 0.417 e. The Morgan fingerprint density at radius 2 is 2.03 bits per heavy atom. The molecule has 2 atom stereocenters. The van der Waals surface area contributed by atoms with Gasteiger partial charge in [-0.2, -0.15) is 24.1 Å². The van der Waals surface area contributed by atoms with Crippen LogP contribution < -0.4 is 4.90 Å². The predicted molar refractivity (Wildman–Crippen MR) is 124 cm³/mol. The zero-order chi connectivity index (χ0) is 23.8. The molecule has 1 N–H and O–H groups in total. The summed E-state index contributed by atoms with van der Waals surface area (Å²) in [5.41, 5.74) is 0.0897. The average molecular weight is 478 g/mol. The van der Waals surface area contributed by atoms with Crippen LogP contribution in [0.25, 0.3) is 11.3 Å². The van der Waals surface area contributed by atoms with Gasteiger partial charge in [-0.05, 0) is 41.2 Å². The third kappa shape index (κ3) is 4.93. The Kier molecular flexibility index (Phi) is 6.52. The van der Waals surface area contributed by atoms with Crippen LogP contribution >= 0.6 is 10.9 Å². The van der Waals surface area contributed by atoms with Gasteiger partial charge < -0.3 is 10.0 Å². The summed E-state index contributed by atoms with van der Waals surface area (Å²) in [4.78, 5) is 23.0. The van der Waals surface area contributed by atoms with E-state index in [0.717, 1.165) is 4.91 Å². The molecule has 176 valence electrons. The number of rotatable bonds is 5. The van der Waals surface area contributed by atoms with Crippen molar-refractivity contribution in [3.8, 4) is 11.3 Å². The number of piperidine rings is 1. The van der Waals surface area contributed by atoms with Crippen molar-refractivity contribution in [2.45, 2.75) is 37.8 Å². The third-order valence-corrected chi connectivity index (χ3v) is 8.58. The van der Waals surface area contributed by atoms with Crippen LogP contribution in [-0.4, -0.2) is 34.1 Å². The fourth-order valence-corrected chi connectivity index (χ4v) is 6.64. The van der Waals surface area contributed by atoms with Crippen LogP contribution in [-0.2, 0) is 11.0 Å². The highest BCUT2D eigenvalue weighted by Gasteiger charge is 2.36. The number of alkyl halides is 3. The molecule has 2 aromatic rings. The molecule has 0 aliphatic carbocycles. The van der Waals surface area contributed by atoms with Gasteiger partial charge in [0.1, 0.15) is 12.1 Å². The highest BCUT2D eigenvalue weighted by molar-refractivity contribution is 8.23. The molecule has 2 aliphatic rings. The van der Waals surface area contributed by atoms with Crippen LogP contribution in [0.1, 0.15) is 32.3 Å². The van der Waals surface area contributed by atoms with Crippen molar-refractivity contribution in [2.24, 2.45) is 11.8 Å². The molecule has 1 aromatic carbocycles. The number of anilines is 1. The number of carboxylic acids is 1. The lowest BCUT2D eigenvalue weighted by molar-refractivity contribution is -0.142. The third-order valence-electron chi connectivity index (χ3n) is 5.98. The number of allylic oxidation sites excluding steroid dienone is 3. The highest BCUT2D eigenvalue weighted by Crippen LogP contribution is 2.55. The first-order valence-corrected chi connectivity index (χ1v) is 12.2. The van der Waals surface area contributed by atoms with Gasteiger partial charge in [0.25, 0.3) is 0 Å². The summed E-state index contributed by atoms with van der Waals surface area (Å²) in [5, 5.41) is 11.2. The summed E-state index contributed by atoms with van der Waals surface area (Å²) in [6.07, 6.45) is 1.90. The molecule has 3 heterocycles. The average Bonchev–Trinajstić information content (AvgIpc) is 3.28. The van der Waals surface area contributed by atoms with E-state index in [1.165, 1.54) is 12.4 Å². The number of halogens is 3. The van der Waals surface area contributed by atoms with Gasteiger partial charge in [0.05, 0.1) is 17.2 Å². The second-order valence-corrected chi connectivity index (χ2v) is 10.6. The molecule has 0 saturated carbocycles. The number of nitrogens with zero attached hydrogens (tertiary/aromatic N) is 3. The van der Waals surface area contributed by atoms with E-state index < -0.39 is 34.5 Å². The first-order chi connectivity index (χ1) is 15.6. The van der Waals surface area contributed by atoms with Crippen LogP contribution in [0.2, 0.25) is 0 Å². The van der Waals surface area contributed by atoms with Crippen molar-refractivity contribution >= 4 is 22.7 Å². The second-order valence-electron chi connectivity index (χ2n) is 8.57. The molecule has 5 nitrogen and oxygen atoms in total. The van der Waals surface area contributed by atoms with Gasteiger partial charge in [0.2, 0.25) is 0 Å². The highest BCUT2D eigenvalue weighted by atomic mass is 32.2. The Labute approximate surface area is 193 Å². The molecule has 1 fully saturated rings. The van der Waals surface area contributed by atoms with Gasteiger partial charge in [-0.25, -0.2) is 9.97 Å². The van der Waals surface area contributed by atoms with E-state index in [0.29, 0.717) is 47.9 Å². The molecule has 0 spiro atoms. The van der Waals surface area contributed by atoms with Crippen molar-refractivity contribution in [3.63, 3.8) is 0 Å². The zero-order valence-electron chi connectivity index (χ0n) is 18.4. The van der Waals surface area contributed by atoms with Gasteiger partial charge in [0, 0.05) is 29.6 Å². The molecule has 33 heavy (non-hydrogen) atoms. The normalized spacial score (nSPS) is 22.0. The van der Waals surface area contributed by atoms with E-state index in [4.69, 9.17) is 0 Å². The maximum absolute atomic E-state index is 14.1. The standard InChI is InChI=1S/C24H26F3N3O2S/c1-15(2)20-6-4-10-33(20)21-8-7-16(11-18(21)24(25,26)27)19-12-22(29-14-28-19)30-9-3-5-17(13-30)23(31)32/h4,6-8,10-12,14-15,17,33H,3,5,9,13H2,1-2H3,(H,31,32). The summed E-state index contributed by atoms with van der Waals surface area (Å²) < 4.78 is 42.3. The topological polar surface area (TPSA) is 66.3 Å². The predicted octanol–water partition coefficient (Wildman–Crippen LogP) is 5.89. The summed E-state index contributed by atoms with van der Waals surface area (Å²) >= 11 is 0. The minimum Gasteiger partial charge on any atom is -0.481 e. The quantitative estimate of drug-likeness (QED) is 0.526. The van der Waals surface area contributed by atoms with Gasteiger partial charge in [0.15, 0.2) is 0 Å². The summed E-state index contributed by atoms with van der Waals surface area (Å²) in [5.74, 6) is -0.650. The van der Waals surface area contributed by atoms with Crippen molar-refractivity contribution in [1.29, 1.82) is 0 Å². The molecule has 2 aliphatic heterocycles. The van der Waals surface area contributed by atoms with Crippen LogP contribution in [0, 0.1) is 11.8 Å². The van der Waals surface area contributed by atoms with Crippen molar-refractivity contribution < 1.29 is 23.1 Å². The van der Waals surface area contributed by atoms with Gasteiger partial charge >= 0.3 is 12.1 Å².